The molecule has 1 aliphatic heterocycles. The van der Waals surface area contributed by atoms with E-state index < -0.39 is 0 Å². The van der Waals surface area contributed by atoms with E-state index in [2.05, 4.69) is 46.1 Å². The van der Waals surface area contributed by atoms with Gasteiger partial charge in [0, 0.05) is 51.0 Å². The van der Waals surface area contributed by atoms with Gasteiger partial charge in [-0.2, -0.15) is 0 Å². The fourth-order valence-corrected chi connectivity index (χ4v) is 2.91. The first-order chi connectivity index (χ1) is 10.3. The van der Waals surface area contributed by atoms with Crippen molar-refractivity contribution < 1.29 is 0 Å². The molecule has 2 heterocycles. The van der Waals surface area contributed by atoms with Crippen LogP contribution in [0.5, 0.6) is 0 Å². The van der Waals surface area contributed by atoms with Crippen molar-refractivity contribution in [1.29, 1.82) is 0 Å². The molecule has 21 heavy (non-hydrogen) atoms. The van der Waals surface area contributed by atoms with E-state index in [4.69, 9.17) is 0 Å². The molecule has 1 aromatic rings. The number of aromatic nitrogens is 1. The number of pyridine rings is 1. The lowest BCUT2D eigenvalue weighted by Crippen LogP contribution is -2.49. The molecule has 0 aromatic carbocycles. The second kappa shape index (κ2) is 6.75. The summed E-state index contributed by atoms with van der Waals surface area (Å²) < 4.78 is 0. The number of nitrogens with zero attached hydrogens (tertiary/aromatic N) is 3. The molecule has 2 aliphatic rings. The number of nitrogens with one attached hydrogen (secondary N) is 1. The Hall–Kier alpha value is -1.13. The van der Waals surface area contributed by atoms with E-state index in [1.165, 1.54) is 24.8 Å². The van der Waals surface area contributed by atoms with Gasteiger partial charge in [0.2, 0.25) is 0 Å². The standard InChI is InChI=1S/C17H28N4/c1-3-14(2)20-8-10-21(11-9-20)17-7-4-15(13-19-17)12-18-16-5-6-16/h4,7,13-14,16,18H,3,5-6,8-12H2,1-2H3. The van der Waals surface area contributed by atoms with Crippen LogP contribution in [0.4, 0.5) is 5.82 Å². The van der Waals surface area contributed by atoms with Crippen molar-refractivity contribution in [1.82, 2.24) is 15.2 Å². The average molecular weight is 288 g/mol. The highest BCUT2D eigenvalue weighted by Crippen LogP contribution is 2.20. The third-order valence-electron chi connectivity index (χ3n) is 4.83. The van der Waals surface area contributed by atoms with Gasteiger partial charge in [0.1, 0.15) is 5.82 Å². The van der Waals surface area contributed by atoms with E-state index in [-0.39, 0.29) is 0 Å². The third kappa shape index (κ3) is 3.95. The molecule has 1 saturated carbocycles. The maximum Gasteiger partial charge on any atom is 0.128 e. The monoisotopic (exact) mass is 288 g/mol. The predicted molar refractivity (Wildman–Crippen MR) is 87.6 cm³/mol. The van der Waals surface area contributed by atoms with Gasteiger partial charge in [-0.3, -0.25) is 4.90 Å². The van der Waals surface area contributed by atoms with Gasteiger partial charge in [0.25, 0.3) is 0 Å². The molecule has 0 bridgehead atoms. The van der Waals surface area contributed by atoms with Crippen LogP contribution in [0.1, 0.15) is 38.7 Å². The Bertz CT molecular complexity index is 433. The molecule has 116 valence electrons. The summed E-state index contributed by atoms with van der Waals surface area (Å²) in [6.45, 7) is 10.1. The molecule has 1 atom stereocenters. The second-order valence-electron chi connectivity index (χ2n) is 6.46. The summed E-state index contributed by atoms with van der Waals surface area (Å²) in [5.74, 6) is 1.13. The normalized spacial score (nSPS) is 21.5. The molecule has 1 aromatic heterocycles. The van der Waals surface area contributed by atoms with Crippen molar-refractivity contribution in [2.24, 2.45) is 0 Å². The molecule has 1 unspecified atom stereocenters. The van der Waals surface area contributed by atoms with Crippen LogP contribution in [0.3, 0.4) is 0 Å². The largest absolute Gasteiger partial charge is 0.354 e. The fraction of sp³-hybridized carbons (Fsp3) is 0.706. The molecular formula is C17H28N4. The Morgan fingerprint density at radius 1 is 1.24 bits per heavy atom. The van der Waals surface area contributed by atoms with Crippen molar-refractivity contribution in [3.63, 3.8) is 0 Å². The lowest BCUT2D eigenvalue weighted by atomic mass is 10.2. The van der Waals surface area contributed by atoms with Gasteiger partial charge in [-0.15, -0.1) is 0 Å². The van der Waals surface area contributed by atoms with Crippen molar-refractivity contribution in [2.75, 3.05) is 31.1 Å². The first-order valence-corrected chi connectivity index (χ1v) is 8.43. The first kappa shape index (κ1) is 14.8. The number of piperazine rings is 1. The lowest BCUT2D eigenvalue weighted by molar-refractivity contribution is 0.192. The van der Waals surface area contributed by atoms with Gasteiger partial charge in [0.05, 0.1) is 0 Å². The number of hydrogen-bond donors (Lipinski definition) is 1. The van der Waals surface area contributed by atoms with E-state index in [0.717, 1.165) is 44.6 Å². The summed E-state index contributed by atoms with van der Waals surface area (Å²) in [7, 11) is 0. The Morgan fingerprint density at radius 3 is 2.57 bits per heavy atom. The van der Waals surface area contributed by atoms with Crippen molar-refractivity contribution in [2.45, 2.75) is 51.7 Å². The topological polar surface area (TPSA) is 31.4 Å². The fourth-order valence-electron chi connectivity index (χ4n) is 2.91. The average Bonchev–Trinajstić information content (AvgIpc) is 3.37. The van der Waals surface area contributed by atoms with Crippen molar-refractivity contribution in [3.05, 3.63) is 23.9 Å². The highest BCUT2D eigenvalue weighted by molar-refractivity contribution is 5.40. The number of hydrogen-bond acceptors (Lipinski definition) is 4. The van der Waals surface area contributed by atoms with Gasteiger partial charge in [-0.25, -0.2) is 4.98 Å². The van der Waals surface area contributed by atoms with Crippen LogP contribution in [-0.4, -0.2) is 48.1 Å². The molecule has 1 saturated heterocycles. The van der Waals surface area contributed by atoms with E-state index in [0.29, 0.717) is 6.04 Å². The number of anilines is 1. The minimum Gasteiger partial charge on any atom is -0.354 e. The van der Waals surface area contributed by atoms with Gasteiger partial charge in [-0.1, -0.05) is 13.0 Å². The summed E-state index contributed by atoms with van der Waals surface area (Å²) >= 11 is 0. The molecular weight excluding hydrogens is 260 g/mol. The Kier molecular flexibility index (Phi) is 4.76. The molecule has 1 N–H and O–H groups in total. The summed E-state index contributed by atoms with van der Waals surface area (Å²) in [6.07, 6.45) is 5.95. The molecule has 4 heteroatoms. The van der Waals surface area contributed by atoms with Crippen molar-refractivity contribution >= 4 is 5.82 Å². The molecule has 4 nitrogen and oxygen atoms in total. The zero-order chi connectivity index (χ0) is 14.7. The minimum atomic E-state index is 0.705. The molecule has 2 fully saturated rings. The highest BCUT2D eigenvalue weighted by Gasteiger charge is 2.21. The maximum atomic E-state index is 4.66. The summed E-state index contributed by atoms with van der Waals surface area (Å²) in [6, 6.07) is 5.87. The molecule has 0 spiro atoms. The Morgan fingerprint density at radius 2 is 2.00 bits per heavy atom. The van der Waals surface area contributed by atoms with Gasteiger partial charge in [0.15, 0.2) is 0 Å². The third-order valence-corrected chi connectivity index (χ3v) is 4.83. The van der Waals surface area contributed by atoms with Gasteiger partial charge in [-0.05, 0) is 37.8 Å². The molecule has 0 amide bonds. The van der Waals surface area contributed by atoms with E-state index in [1.54, 1.807) is 0 Å². The smallest absolute Gasteiger partial charge is 0.128 e. The van der Waals surface area contributed by atoms with E-state index in [1.807, 2.05) is 6.20 Å². The van der Waals surface area contributed by atoms with Crippen LogP contribution >= 0.6 is 0 Å². The van der Waals surface area contributed by atoms with Crippen LogP contribution in [0.25, 0.3) is 0 Å². The first-order valence-electron chi connectivity index (χ1n) is 8.43. The molecule has 3 rings (SSSR count). The lowest BCUT2D eigenvalue weighted by Gasteiger charge is -2.38. The van der Waals surface area contributed by atoms with Crippen LogP contribution < -0.4 is 10.2 Å². The molecule has 0 radical (unpaired) electrons. The summed E-state index contributed by atoms with van der Waals surface area (Å²) in [5.41, 5.74) is 1.30. The summed E-state index contributed by atoms with van der Waals surface area (Å²) in [5, 5.41) is 3.54. The zero-order valence-electron chi connectivity index (χ0n) is 13.4. The van der Waals surface area contributed by atoms with Gasteiger partial charge < -0.3 is 10.2 Å². The van der Waals surface area contributed by atoms with Crippen LogP contribution in [0.15, 0.2) is 18.3 Å². The highest BCUT2D eigenvalue weighted by atomic mass is 15.3. The van der Waals surface area contributed by atoms with Crippen LogP contribution in [0, 0.1) is 0 Å². The number of rotatable bonds is 6. The van der Waals surface area contributed by atoms with E-state index >= 15 is 0 Å². The second-order valence-corrected chi connectivity index (χ2v) is 6.46. The Balaban J connectivity index is 1.50. The van der Waals surface area contributed by atoms with E-state index in [9.17, 15) is 0 Å². The quantitative estimate of drug-likeness (QED) is 0.870. The SMILES string of the molecule is CCC(C)N1CCN(c2ccc(CNC3CC3)cn2)CC1. The van der Waals surface area contributed by atoms with Crippen LogP contribution in [0.2, 0.25) is 0 Å². The van der Waals surface area contributed by atoms with Gasteiger partial charge >= 0.3 is 0 Å². The Labute approximate surface area is 128 Å². The minimum absolute atomic E-state index is 0.705. The summed E-state index contributed by atoms with van der Waals surface area (Å²) in [4.78, 5) is 9.66. The zero-order valence-corrected chi connectivity index (χ0v) is 13.4. The van der Waals surface area contributed by atoms with Crippen molar-refractivity contribution in [3.8, 4) is 0 Å². The molecule has 1 aliphatic carbocycles. The maximum absolute atomic E-state index is 4.66. The van der Waals surface area contributed by atoms with Crippen LogP contribution in [-0.2, 0) is 6.54 Å². The predicted octanol–water partition coefficient (Wildman–Crippen LogP) is 2.25.